The molecule has 0 N–H and O–H groups in total. The summed E-state index contributed by atoms with van der Waals surface area (Å²) in [6.07, 6.45) is 0. The van der Waals surface area contributed by atoms with Crippen molar-refractivity contribution in [2.24, 2.45) is 0 Å². The number of hydrogen-bond acceptors (Lipinski definition) is 1. The summed E-state index contributed by atoms with van der Waals surface area (Å²) in [5.41, 5.74) is 0. The zero-order valence-electron chi connectivity index (χ0n) is 11.4. The molecule has 1 aromatic carbocycles. The Morgan fingerprint density at radius 1 is 1.11 bits per heavy atom. The minimum atomic E-state index is -2.20. The summed E-state index contributed by atoms with van der Waals surface area (Å²) in [6.45, 7) is 9.95. The molecule has 98 valence electrons. The number of halogens is 3. The van der Waals surface area contributed by atoms with Crippen LogP contribution in [0.25, 0.3) is 0 Å². The van der Waals surface area contributed by atoms with Gasteiger partial charge < -0.3 is 21.4 Å². The van der Waals surface area contributed by atoms with E-state index in [-0.39, 0.29) is 50.8 Å². The van der Waals surface area contributed by atoms with Gasteiger partial charge in [-0.3, -0.25) is 8.78 Å². The minimum Gasteiger partial charge on any atom is -1.00 e. The topological polar surface area (TPSA) is 9.23 Å². The summed E-state index contributed by atoms with van der Waals surface area (Å²) < 4.78 is 32.4. The smallest absolute Gasteiger partial charge is 1.00 e. The molecule has 6 heteroatoms. The molecule has 0 unspecified atom stereocenters. The summed E-state index contributed by atoms with van der Waals surface area (Å²) in [6, 6.07) is 4.56. The van der Waals surface area contributed by atoms with Crippen LogP contribution in [-0.4, -0.2) is 31.4 Å². The Balaban J connectivity index is 0. The standard InChI is InChI=1S/C12H17F2OSi.BrH.Mg/c1-12(2,3)16(4,5)15-11-9(13)7-6-8-10(11)14;;/h7-8H,1-5H3;1H;/q-1;;+2/p-1. The van der Waals surface area contributed by atoms with E-state index < -0.39 is 20.0 Å². The zero-order chi connectivity index (χ0) is 12.6. The van der Waals surface area contributed by atoms with Crippen molar-refractivity contribution >= 4 is 31.4 Å². The van der Waals surface area contributed by atoms with Gasteiger partial charge >= 0.3 is 23.1 Å². The number of rotatable bonds is 2. The van der Waals surface area contributed by atoms with Gasteiger partial charge in [0.25, 0.3) is 0 Å². The molecule has 0 atom stereocenters. The van der Waals surface area contributed by atoms with Crippen molar-refractivity contribution in [1.82, 2.24) is 0 Å². The second-order valence-corrected chi connectivity index (χ2v) is 10.1. The van der Waals surface area contributed by atoms with Crippen LogP contribution in [0.2, 0.25) is 18.1 Å². The molecule has 0 aliphatic heterocycles. The fourth-order valence-corrected chi connectivity index (χ4v) is 1.95. The summed E-state index contributed by atoms with van der Waals surface area (Å²) in [5.74, 6) is -1.65. The van der Waals surface area contributed by atoms with Crippen LogP contribution < -0.4 is 21.4 Å². The van der Waals surface area contributed by atoms with Crippen molar-refractivity contribution in [1.29, 1.82) is 0 Å². The van der Waals surface area contributed by atoms with Gasteiger partial charge in [0.1, 0.15) is 0 Å². The Kier molecular flexibility index (Phi) is 8.28. The van der Waals surface area contributed by atoms with E-state index in [1.807, 2.05) is 33.9 Å². The first kappa shape index (κ1) is 20.7. The maximum atomic E-state index is 13.4. The Morgan fingerprint density at radius 2 is 1.50 bits per heavy atom. The Labute approximate surface area is 135 Å². The Bertz CT molecular complexity index is 374. The molecule has 0 saturated carbocycles. The van der Waals surface area contributed by atoms with Crippen LogP contribution in [-0.2, 0) is 0 Å². The third-order valence-electron chi connectivity index (χ3n) is 3.02. The molecule has 0 aliphatic carbocycles. The van der Waals surface area contributed by atoms with Crippen LogP contribution in [0.1, 0.15) is 20.8 Å². The summed E-state index contributed by atoms with van der Waals surface area (Å²) in [5, 5.41) is -0.0918. The van der Waals surface area contributed by atoms with Gasteiger partial charge in [0.05, 0.1) is 17.4 Å². The molecule has 1 rings (SSSR count). The van der Waals surface area contributed by atoms with Crippen LogP contribution in [0.3, 0.4) is 0 Å². The zero-order valence-corrected chi connectivity index (χ0v) is 15.4. The predicted octanol–water partition coefficient (Wildman–Crippen LogP) is 0.772. The van der Waals surface area contributed by atoms with Gasteiger partial charge in [-0.05, 0) is 18.1 Å². The van der Waals surface area contributed by atoms with Gasteiger partial charge in [-0.25, -0.2) is 0 Å². The van der Waals surface area contributed by atoms with Crippen molar-refractivity contribution < 1.29 is 30.2 Å². The molecular formula is C12H17BrF2MgOSi. The fraction of sp³-hybridized carbons (Fsp3) is 0.500. The monoisotopic (exact) mass is 346 g/mol. The van der Waals surface area contributed by atoms with Crippen LogP contribution >= 0.6 is 0 Å². The molecule has 0 fully saturated rings. The van der Waals surface area contributed by atoms with Gasteiger partial charge in [0.15, 0.2) is 0 Å². The molecule has 0 amide bonds. The van der Waals surface area contributed by atoms with E-state index in [2.05, 4.69) is 6.07 Å². The van der Waals surface area contributed by atoms with Crippen molar-refractivity contribution in [3.8, 4) is 5.75 Å². The summed E-state index contributed by atoms with van der Waals surface area (Å²) in [4.78, 5) is 0. The predicted molar refractivity (Wildman–Crippen MR) is 68.8 cm³/mol. The molecule has 0 aromatic heterocycles. The molecule has 0 saturated heterocycles. The number of hydrogen-bond donors (Lipinski definition) is 0. The Morgan fingerprint density at radius 3 is 1.83 bits per heavy atom. The minimum absolute atomic E-state index is 0. The maximum Gasteiger partial charge on any atom is 2.00 e. The molecule has 18 heavy (non-hydrogen) atoms. The van der Waals surface area contributed by atoms with Crippen molar-refractivity contribution in [2.45, 2.75) is 38.9 Å². The average Bonchev–Trinajstić information content (AvgIpc) is 2.10. The van der Waals surface area contributed by atoms with Gasteiger partial charge in [0.2, 0.25) is 8.32 Å². The maximum absolute atomic E-state index is 13.4. The molecule has 0 heterocycles. The van der Waals surface area contributed by atoms with Crippen LogP contribution in [0.4, 0.5) is 8.78 Å². The molecule has 1 nitrogen and oxygen atoms in total. The van der Waals surface area contributed by atoms with Crippen molar-refractivity contribution in [3.63, 3.8) is 0 Å². The third kappa shape index (κ3) is 4.79. The fourth-order valence-electron chi connectivity index (χ4n) is 0.939. The Hall–Kier alpha value is 0.343. The van der Waals surface area contributed by atoms with E-state index >= 15 is 0 Å². The first-order chi connectivity index (χ1) is 7.15. The quantitative estimate of drug-likeness (QED) is 0.567. The summed E-state index contributed by atoms with van der Waals surface area (Å²) in [7, 11) is -2.20. The molecule has 0 aliphatic rings. The third-order valence-corrected chi connectivity index (χ3v) is 7.34. The van der Waals surface area contributed by atoms with Gasteiger partial charge in [-0.15, -0.1) is 12.1 Å². The molecular weight excluding hydrogens is 330 g/mol. The van der Waals surface area contributed by atoms with E-state index in [9.17, 15) is 8.78 Å². The van der Waals surface area contributed by atoms with E-state index in [0.29, 0.717) is 0 Å². The van der Waals surface area contributed by atoms with Crippen LogP contribution in [0, 0.1) is 17.7 Å². The van der Waals surface area contributed by atoms with E-state index in [0.717, 1.165) is 12.1 Å². The first-order valence-corrected chi connectivity index (χ1v) is 8.10. The van der Waals surface area contributed by atoms with Gasteiger partial charge in [-0.1, -0.05) is 20.8 Å². The molecule has 0 spiro atoms. The van der Waals surface area contributed by atoms with Crippen LogP contribution in [0.15, 0.2) is 12.1 Å². The van der Waals surface area contributed by atoms with Crippen molar-refractivity contribution in [3.05, 3.63) is 29.8 Å². The SMILES string of the molecule is CC(C)(C)[Si](C)(C)Oc1c(F)c[c-]cc1F.[Br-].[Mg+2]. The molecule has 0 bridgehead atoms. The average molecular weight is 348 g/mol. The molecule has 0 radical (unpaired) electrons. The van der Waals surface area contributed by atoms with E-state index in [4.69, 9.17) is 4.43 Å². The number of benzene rings is 1. The molecule has 1 aromatic rings. The van der Waals surface area contributed by atoms with Gasteiger partial charge in [-0.2, -0.15) is 6.07 Å². The van der Waals surface area contributed by atoms with E-state index in [1.54, 1.807) is 0 Å². The van der Waals surface area contributed by atoms with Crippen molar-refractivity contribution in [2.75, 3.05) is 0 Å². The largest absolute Gasteiger partial charge is 2.00 e. The second kappa shape index (κ2) is 7.21. The van der Waals surface area contributed by atoms with Gasteiger partial charge in [0, 0.05) is 0 Å². The summed E-state index contributed by atoms with van der Waals surface area (Å²) >= 11 is 0. The van der Waals surface area contributed by atoms with Crippen LogP contribution in [0.5, 0.6) is 5.75 Å². The second-order valence-electron chi connectivity index (χ2n) is 5.34. The first-order valence-electron chi connectivity index (χ1n) is 5.19. The normalized spacial score (nSPS) is 11.3. The van der Waals surface area contributed by atoms with E-state index in [1.165, 1.54) is 0 Å².